The Morgan fingerprint density at radius 2 is 1.53 bits per heavy atom. The number of rotatable bonds is 10. The summed E-state index contributed by atoms with van der Waals surface area (Å²) in [5.41, 5.74) is 2.21. The molecule has 0 amide bonds. The second kappa shape index (κ2) is 12.6. The summed E-state index contributed by atoms with van der Waals surface area (Å²) in [7, 11) is -4.38. The molecule has 226 valence electrons. The van der Waals surface area contributed by atoms with Crippen molar-refractivity contribution >= 4 is 43.1 Å². The van der Waals surface area contributed by atoms with Gasteiger partial charge in [0.25, 0.3) is 0 Å². The number of hydrogen-bond acceptors (Lipinski definition) is 12. The lowest BCUT2D eigenvalue weighted by molar-refractivity contribution is -0.165. The van der Waals surface area contributed by atoms with Crippen LogP contribution in [0.4, 0.5) is 0 Å². The van der Waals surface area contributed by atoms with Crippen molar-refractivity contribution < 1.29 is 41.9 Å². The van der Waals surface area contributed by atoms with E-state index in [0.717, 1.165) is 0 Å². The van der Waals surface area contributed by atoms with Gasteiger partial charge in [-0.25, -0.2) is 14.5 Å². The van der Waals surface area contributed by atoms with Crippen LogP contribution in [0.15, 0.2) is 61.2 Å². The number of aromatic nitrogens is 4. The van der Waals surface area contributed by atoms with Crippen molar-refractivity contribution in [3.63, 3.8) is 0 Å². The van der Waals surface area contributed by atoms with Crippen molar-refractivity contribution in [1.29, 1.82) is 0 Å². The fraction of sp³-hybridized carbons (Fsp3) is 0.321. The summed E-state index contributed by atoms with van der Waals surface area (Å²) in [6.45, 7) is 5.56. The first-order chi connectivity index (χ1) is 20.5. The second-order valence-corrected chi connectivity index (χ2v) is 11.6. The van der Waals surface area contributed by atoms with Crippen LogP contribution in [0.1, 0.15) is 31.2 Å². The molecule has 0 aliphatic carbocycles. The molecule has 4 aromatic rings. The van der Waals surface area contributed by atoms with E-state index in [9.17, 15) is 14.2 Å². The minimum absolute atomic E-state index is 0.244. The Morgan fingerprint density at radius 3 is 2.12 bits per heavy atom. The van der Waals surface area contributed by atoms with E-state index in [1.165, 1.54) is 26.5 Å². The highest BCUT2D eigenvalue weighted by Crippen LogP contribution is 2.51. The number of carbonyl (C=O) groups is 2. The number of benzene rings is 2. The van der Waals surface area contributed by atoms with Crippen molar-refractivity contribution in [2.75, 3.05) is 6.61 Å². The van der Waals surface area contributed by atoms with E-state index in [-0.39, 0.29) is 16.1 Å². The highest BCUT2D eigenvalue weighted by molar-refractivity contribution is 7.71. The van der Waals surface area contributed by atoms with Gasteiger partial charge in [-0.3, -0.25) is 18.7 Å². The normalized spacial score (nSPS) is 20.1. The van der Waals surface area contributed by atoms with E-state index < -0.39 is 50.9 Å². The Balaban J connectivity index is 1.48. The third-order valence-corrected chi connectivity index (χ3v) is 8.15. The molecule has 1 N–H and O–H groups in total. The van der Waals surface area contributed by atoms with Crippen LogP contribution in [0, 0.1) is 18.5 Å². The topological polar surface area (TPSA) is 153 Å². The molecular weight excluding hydrogens is 599 g/mol. The number of esters is 2. The number of ether oxygens (including phenoxy) is 3. The molecule has 0 saturated carbocycles. The monoisotopic (exact) mass is 628 g/mol. The fourth-order valence-electron chi connectivity index (χ4n) is 4.58. The summed E-state index contributed by atoms with van der Waals surface area (Å²) in [5, 5.41) is 0. The third kappa shape index (κ3) is 6.78. The van der Waals surface area contributed by atoms with E-state index in [4.69, 9.17) is 40.0 Å². The van der Waals surface area contributed by atoms with Gasteiger partial charge in [0.05, 0.1) is 19.3 Å². The van der Waals surface area contributed by atoms with Gasteiger partial charge in [0.15, 0.2) is 23.1 Å². The molecule has 1 aliphatic rings. The van der Waals surface area contributed by atoms with Crippen LogP contribution in [-0.2, 0) is 32.9 Å². The van der Waals surface area contributed by atoms with Crippen LogP contribution >= 0.6 is 20.0 Å². The highest BCUT2D eigenvalue weighted by Gasteiger charge is 2.51. The molecule has 2 aromatic carbocycles. The summed E-state index contributed by atoms with van der Waals surface area (Å²) >= 11 is 5.27. The predicted molar refractivity (Wildman–Crippen MR) is 155 cm³/mol. The molecule has 4 atom stereocenters. The van der Waals surface area contributed by atoms with E-state index in [2.05, 4.69) is 15.0 Å². The van der Waals surface area contributed by atoms with E-state index in [0.29, 0.717) is 22.3 Å². The number of aromatic amines is 1. The van der Waals surface area contributed by atoms with Gasteiger partial charge in [-0.2, -0.15) is 0 Å². The van der Waals surface area contributed by atoms with Crippen LogP contribution in [0.25, 0.3) is 11.2 Å². The minimum atomic E-state index is -4.38. The van der Waals surface area contributed by atoms with Crippen molar-refractivity contribution in [3.05, 3.63) is 77.0 Å². The van der Waals surface area contributed by atoms with Crippen LogP contribution < -0.4 is 9.05 Å². The minimum Gasteiger partial charge on any atom is -0.456 e. The van der Waals surface area contributed by atoms with E-state index in [1.54, 1.807) is 54.8 Å². The van der Waals surface area contributed by atoms with Crippen LogP contribution in [0.2, 0.25) is 0 Å². The van der Waals surface area contributed by atoms with Crippen molar-refractivity contribution in [2.45, 2.75) is 52.2 Å². The molecular formula is C28H29N4O9PS. The lowest BCUT2D eigenvalue weighted by Gasteiger charge is -2.25. The molecule has 1 aliphatic heterocycles. The van der Waals surface area contributed by atoms with E-state index >= 15 is 0 Å². The average Bonchev–Trinajstić information content (AvgIpc) is 3.52. The van der Waals surface area contributed by atoms with Gasteiger partial charge >= 0.3 is 19.8 Å². The first-order valence-electron chi connectivity index (χ1n) is 13.2. The van der Waals surface area contributed by atoms with Gasteiger partial charge < -0.3 is 28.2 Å². The Labute approximate surface area is 251 Å². The number of carbonyl (C=O) groups excluding carboxylic acids is 2. The van der Waals surface area contributed by atoms with Gasteiger partial charge in [0.2, 0.25) is 0 Å². The maximum atomic E-state index is 14.2. The Kier molecular flexibility index (Phi) is 8.92. The number of fused-ring (bicyclic) bond motifs is 1. The SMILES string of the molecule is CC(=O)O[C@@H]1[C@H](OC(C)=O)[C@@H](COP(=O)(Oc2ccccc2C)Oc2ccccc2C)O[C@H]1n1cnc2c(=S)nc[nH]c21. The number of hydrogen-bond donors (Lipinski definition) is 1. The molecule has 15 heteroatoms. The smallest absolute Gasteiger partial charge is 0.456 e. The van der Waals surface area contributed by atoms with Crippen LogP contribution in [0.3, 0.4) is 0 Å². The molecule has 0 unspecified atom stereocenters. The Bertz CT molecular complexity index is 1710. The molecule has 2 aromatic heterocycles. The maximum Gasteiger partial charge on any atom is 0.587 e. The average molecular weight is 629 g/mol. The van der Waals surface area contributed by atoms with Crippen LogP contribution in [-0.4, -0.2) is 56.4 Å². The van der Waals surface area contributed by atoms with Gasteiger partial charge in [0, 0.05) is 13.8 Å². The lowest BCUT2D eigenvalue weighted by atomic mass is 10.1. The van der Waals surface area contributed by atoms with E-state index in [1.807, 2.05) is 12.1 Å². The number of para-hydroxylation sites is 2. The number of nitrogens with zero attached hydrogens (tertiary/aromatic N) is 3. The third-order valence-electron chi connectivity index (χ3n) is 6.55. The first-order valence-corrected chi connectivity index (χ1v) is 15.1. The van der Waals surface area contributed by atoms with Gasteiger partial charge in [-0.15, -0.1) is 0 Å². The molecule has 0 bridgehead atoms. The summed E-state index contributed by atoms with van der Waals surface area (Å²) in [5.74, 6) is -0.737. The molecule has 1 fully saturated rings. The molecule has 3 heterocycles. The second-order valence-electron chi connectivity index (χ2n) is 9.73. The first kappa shape index (κ1) is 30.4. The molecule has 43 heavy (non-hydrogen) atoms. The van der Waals surface area contributed by atoms with Crippen molar-refractivity contribution in [3.8, 4) is 11.5 Å². The Morgan fingerprint density at radius 1 is 0.953 bits per heavy atom. The lowest BCUT2D eigenvalue weighted by Crippen LogP contribution is -2.40. The van der Waals surface area contributed by atoms with Gasteiger partial charge in [0.1, 0.15) is 28.8 Å². The van der Waals surface area contributed by atoms with Crippen LogP contribution in [0.5, 0.6) is 11.5 Å². The zero-order chi connectivity index (χ0) is 30.7. The quantitative estimate of drug-likeness (QED) is 0.140. The van der Waals surface area contributed by atoms with Crippen molar-refractivity contribution in [1.82, 2.24) is 19.5 Å². The molecule has 0 spiro atoms. The Hall–Kier alpha value is -4.10. The number of phosphoric ester groups is 1. The molecule has 5 rings (SSSR count). The van der Waals surface area contributed by atoms with Gasteiger partial charge in [-0.05, 0) is 37.1 Å². The van der Waals surface area contributed by atoms with Crippen molar-refractivity contribution in [2.24, 2.45) is 0 Å². The zero-order valence-corrected chi connectivity index (χ0v) is 25.4. The number of aryl methyl sites for hydroxylation is 2. The number of imidazole rings is 1. The number of phosphoric acid groups is 1. The summed E-state index contributed by atoms with van der Waals surface area (Å²) in [6, 6.07) is 13.9. The zero-order valence-electron chi connectivity index (χ0n) is 23.7. The standard InChI is InChI=1S/C28H29N4O9PS/c1-16-9-5-7-11-20(16)40-42(35,41-21-12-8-6-10-17(21)2)36-13-22-24(37-18(3)33)25(38-19(4)34)28(39-22)32-15-31-23-26(32)29-14-30-27(23)43/h5-12,14-15,22,24-25,28H,13H2,1-4H3,(H,29,30,43)/t22-,24-,25-,28-/m1/s1. The summed E-state index contributed by atoms with van der Waals surface area (Å²) < 4.78 is 51.0. The fourth-order valence-corrected chi connectivity index (χ4v) is 6.14. The predicted octanol–water partition coefficient (Wildman–Crippen LogP) is 5.15. The molecule has 1 saturated heterocycles. The summed E-state index contributed by atoms with van der Waals surface area (Å²) in [4.78, 5) is 35.6. The maximum absolute atomic E-state index is 14.2. The number of nitrogens with one attached hydrogen (secondary N) is 1. The summed E-state index contributed by atoms with van der Waals surface area (Å²) in [6.07, 6.45) is -1.62. The highest BCUT2D eigenvalue weighted by atomic mass is 32.1. The number of H-pyrrole nitrogens is 1. The largest absolute Gasteiger partial charge is 0.587 e. The molecule has 13 nitrogen and oxygen atoms in total. The molecule has 0 radical (unpaired) electrons. The van der Waals surface area contributed by atoms with Gasteiger partial charge in [-0.1, -0.05) is 48.6 Å².